The van der Waals surface area contributed by atoms with E-state index in [0.29, 0.717) is 23.8 Å². The summed E-state index contributed by atoms with van der Waals surface area (Å²) < 4.78 is 42.2. The lowest BCUT2D eigenvalue weighted by Gasteiger charge is -2.23. The fraction of sp³-hybridized carbons (Fsp3) is 0.278. The maximum Gasteiger partial charge on any atom is 0.326 e. The number of anilines is 1. The number of esters is 1. The summed E-state index contributed by atoms with van der Waals surface area (Å²) in [4.78, 5) is 11.8. The Hall–Kier alpha value is -2.74. The summed E-state index contributed by atoms with van der Waals surface area (Å²) >= 11 is 0. The molecule has 0 saturated carbocycles. The third-order valence-corrected chi connectivity index (χ3v) is 5.37. The maximum atomic E-state index is 13.1. The quantitative estimate of drug-likeness (QED) is 0.656. The molecule has 0 unspecified atom stereocenters. The van der Waals surface area contributed by atoms with E-state index in [-0.39, 0.29) is 4.90 Å². The Kier molecular flexibility index (Phi) is 6.46. The van der Waals surface area contributed by atoms with Crippen LogP contribution in [0.2, 0.25) is 0 Å². The molecule has 0 aromatic heterocycles. The van der Waals surface area contributed by atoms with E-state index in [1.165, 1.54) is 26.4 Å². The first-order chi connectivity index (χ1) is 12.4. The predicted molar refractivity (Wildman–Crippen MR) is 97.2 cm³/mol. The van der Waals surface area contributed by atoms with Gasteiger partial charge in [-0.1, -0.05) is 0 Å². The highest BCUT2D eigenvalue weighted by Gasteiger charge is 2.27. The Balaban J connectivity index is 2.42. The number of nitrogens with zero attached hydrogens (tertiary/aromatic N) is 1. The molecule has 0 amide bonds. The van der Waals surface area contributed by atoms with Crippen molar-refractivity contribution in [1.82, 2.24) is 0 Å². The molecule has 0 radical (unpaired) electrons. The molecule has 8 heteroatoms. The first kappa shape index (κ1) is 19.6. The van der Waals surface area contributed by atoms with Gasteiger partial charge in [0.15, 0.2) is 0 Å². The predicted octanol–water partition coefficient (Wildman–Crippen LogP) is 2.46. The molecule has 0 aliphatic carbocycles. The van der Waals surface area contributed by atoms with Crippen molar-refractivity contribution < 1.29 is 27.4 Å². The lowest BCUT2D eigenvalue weighted by atomic mass is 10.3. The van der Waals surface area contributed by atoms with E-state index in [1.54, 1.807) is 36.4 Å². The number of rotatable bonds is 8. The van der Waals surface area contributed by atoms with Crippen molar-refractivity contribution in [3.63, 3.8) is 0 Å². The van der Waals surface area contributed by atoms with Gasteiger partial charge in [-0.25, -0.2) is 8.42 Å². The molecule has 0 aliphatic heterocycles. The molecule has 7 nitrogen and oxygen atoms in total. The first-order valence-corrected chi connectivity index (χ1v) is 9.32. The van der Waals surface area contributed by atoms with E-state index in [9.17, 15) is 13.2 Å². The summed E-state index contributed by atoms with van der Waals surface area (Å²) in [5.74, 6) is 0.468. The van der Waals surface area contributed by atoms with Crippen molar-refractivity contribution in [2.24, 2.45) is 0 Å². The molecular weight excluding hydrogens is 358 g/mol. The molecule has 0 fully saturated rings. The topological polar surface area (TPSA) is 82.1 Å². The summed E-state index contributed by atoms with van der Waals surface area (Å²) in [6, 6.07) is 12.4. The second-order valence-corrected chi connectivity index (χ2v) is 7.05. The fourth-order valence-electron chi connectivity index (χ4n) is 2.25. The fourth-order valence-corrected chi connectivity index (χ4v) is 3.66. The molecule has 2 aromatic carbocycles. The minimum absolute atomic E-state index is 0.0423. The van der Waals surface area contributed by atoms with Crippen LogP contribution in [0.15, 0.2) is 53.4 Å². The smallest absolute Gasteiger partial charge is 0.326 e. The van der Waals surface area contributed by atoms with E-state index in [2.05, 4.69) is 4.74 Å². The molecule has 0 saturated heterocycles. The monoisotopic (exact) mass is 379 g/mol. The summed E-state index contributed by atoms with van der Waals surface area (Å²) in [7, 11) is -1.26. The van der Waals surface area contributed by atoms with Crippen molar-refractivity contribution in [3.05, 3.63) is 48.5 Å². The van der Waals surface area contributed by atoms with Crippen molar-refractivity contribution in [3.8, 4) is 11.5 Å². The van der Waals surface area contributed by atoms with Gasteiger partial charge in [-0.15, -0.1) is 0 Å². The van der Waals surface area contributed by atoms with Crippen LogP contribution in [0.5, 0.6) is 11.5 Å². The van der Waals surface area contributed by atoms with Crippen LogP contribution < -0.4 is 13.8 Å². The number of benzene rings is 2. The first-order valence-electron chi connectivity index (χ1n) is 7.88. The lowest BCUT2D eigenvalue weighted by Crippen LogP contribution is -2.36. The van der Waals surface area contributed by atoms with Gasteiger partial charge in [0.1, 0.15) is 18.0 Å². The molecule has 0 N–H and O–H groups in total. The number of carbonyl (C=O) groups excluding carboxylic acids is 1. The third kappa shape index (κ3) is 4.45. The van der Waals surface area contributed by atoms with Gasteiger partial charge in [-0.3, -0.25) is 9.10 Å². The molecule has 2 aromatic rings. The van der Waals surface area contributed by atoms with Crippen LogP contribution >= 0.6 is 0 Å². The second-order valence-electron chi connectivity index (χ2n) is 5.19. The minimum Gasteiger partial charge on any atom is -0.497 e. The van der Waals surface area contributed by atoms with Crippen LogP contribution in [0, 0.1) is 0 Å². The zero-order chi connectivity index (χ0) is 19.2. The Morgan fingerprint density at radius 3 is 2.04 bits per heavy atom. The lowest BCUT2D eigenvalue weighted by molar-refractivity contribution is -0.138. The third-order valence-electron chi connectivity index (χ3n) is 3.58. The SMILES string of the molecule is CCOc1ccc(S(=O)(=O)N(CC(=O)OC)c2ccc(OC)cc2)cc1. The average Bonchev–Trinajstić information content (AvgIpc) is 2.66. The van der Waals surface area contributed by atoms with Gasteiger partial charge in [0.05, 0.1) is 31.4 Å². The van der Waals surface area contributed by atoms with Gasteiger partial charge in [0.2, 0.25) is 0 Å². The van der Waals surface area contributed by atoms with E-state index < -0.39 is 22.5 Å². The molecule has 140 valence electrons. The van der Waals surface area contributed by atoms with Gasteiger partial charge in [-0.05, 0) is 55.5 Å². The molecule has 0 bridgehead atoms. The van der Waals surface area contributed by atoms with Crippen LogP contribution in [0.3, 0.4) is 0 Å². The van der Waals surface area contributed by atoms with Gasteiger partial charge in [-0.2, -0.15) is 0 Å². The summed E-state index contributed by atoms with van der Waals surface area (Å²) in [5, 5.41) is 0. The Morgan fingerprint density at radius 2 is 1.54 bits per heavy atom. The van der Waals surface area contributed by atoms with Crippen LogP contribution in [-0.2, 0) is 19.6 Å². The zero-order valence-corrected chi connectivity index (χ0v) is 15.7. The second kappa shape index (κ2) is 8.57. The number of methoxy groups -OCH3 is 2. The highest BCUT2D eigenvalue weighted by Crippen LogP contribution is 2.26. The Labute approximate surface area is 153 Å². The minimum atomic E-state index is -3.97. The maximum absolute atomic E-state index is 13.1. The van der Waals surface area contributed by atoms with Crippen LogP contribution in [0.25, 0.3) is 0 Å². The molecular formula is C18H21NO6S. The number of hydrogen-bond donors (Lipinski definition) is 0. The normalized spacial score (nSPS) is 10.9. The highest BCUT2D eigenvalue weighted by molar-refractivity contribution is 7.92. The van der Waals surface area contributed by atoms with E-state index >= 15 is 0 Å². The van der Waals surface area contributed by atoms with Crippen molar-refractivity contribution in [1.29, 1.82) is 0 Å². The summed E-state index contributed by atoms with van der Waals surface area (Å²) in [6.45, 7) is 1.87. The number of ether oxygens (including phenoxy) is 3. The molecule has 26 heavy (non-hydrogen) atoms. The van der Waals surface area contributed by atoms with Gasteiger partial charge < -0.3 is 14.2 Å². The van der Waals surface area contributed by atoms with Gasteiger partial charge in [0.25, 0.3) is 10.0 Å². The average molecular weight is 379 g/mol. The molecule has 0 atom stereocenters. The summed E-state index contributed by atoms with van der Waals surface area (Å²) in [6.07, 6.45) is 0. The van der Waals surface area contributed by atoms with E-state index in [0.717, 1.165) is 4.31 Å². The van der Waals surface area contributed by atoms with Gasteiger partial charge >= 0.3 is 5.97 Å². The van der Waals surface area contributed by atoms with Crippen LogP contribution in [0.4, 0.5) is 5.69 Å². The van der Waals surface area contributed by atoms with Gasteiger partial charge in [0, 0.05) is 0 Å². The number of carbonyl (C=O) groups is 1. The Morgan fingerprint density at radius 1 is 0.962 bits per heavy atom. The molecule has 0 heterocycles. The summed E-state index contributed by atoms with van der Waals surface area (Å²) in [5.41, 5.74) is 0.324. The van der Waals surface area contributed by atoms with Crippen molar-refractivity contribution >= 4 is 21.7 Å². The molecule has 0 spiro atoms. The zero-order valence-electron chi connectivity index (χ0n) is 14.8. The van der Waals surface area contributed by atoms with Crippen LogP contribution in [0.1, 0.15) is 6.92 Å². The van der Waals surface area contributed by atoms with Crippen molar-refractivity contribution in [2.75, 3.05) is 31.7 Å². The highest BCUT2D eigenvalue weighted by atomic mass is 32.2. The largest absolute Gasteiger partial charge is 0.497 e. The van der Waals surface area contributed by atoms with Crippen LogP contribution in [-0.4, -0.2) is 41.8 Å². The number of sulfonamides is 1. The molecule has 2 rings (SSSR count). The molecule has 0 aliphatic rings. The standard InChI is InChI=1S/C18H21NO6S/c1-4-25-16-9-11-17(12-10-16)26(21,22)19(13-18(20)24-3)14-5-7-15(23-2)8-6-14/h5-12H,4,13H2,1-3H3. The van der Waals surface area contributed by atoms with E-state index in [1.807, 2.05) is 6.92 Å². The Bertz CT molecular complexity index is 831. The van der Waals surface area contributed by atoms with Crippen molar-refractivity contribution in [2.45, 2.75) is 11.8 Å². The van der Waals surface area contributed by atoms with E-state index in [4.69, 9.17) is 9.47 Å². The number of hydrogen-bond acceptors (Lipinski definition) is 6.